The highest BCUT2D eigenvalue weighted by Gasteiger charge is 2.34. The van der Waals surface area contributed by atoms with Gasteiger partial charge in [-0.2, -0.15) is 13.2 Å². The molecule has 2 aromatic carbocycles. The van der Waals surface area contributed by atoms with E-state index in [1.807, 2.05) is 0 Å². The number of ether oxygens (including phenoxy) is 2. The fraction of sp³-hybridized carbons (Fsp3) is 0.444. The van der Waals surface area contributed by atoms with E-state index in [1.165, 1.54) is 17.0 Å². The van der Waals surface area contributed by atoms with Crippen molar-refractivity contribution in [1.82, 2.24) is 10.2 Å². The molecule has 3 atom stereocenters. The van der Waals surface area contributed by atoms with E-state index in [4.69, 9.17) is 17.2 Å². The number of hydrogen-bond acceptors (Lipinski definition) is 9. The Morgan fingerprint density at radius 3 is 1.93 bits per heavy atom. The zero-order valence-electron chi connectivity index (χ0n) is 23.7. The Labute approximate surface area is 253 Å². The summed E-state index contributed by atoms with van der Waals surface area (Å²) in [6, 6.07) is 5.39. The van der Waals surface area contributed by atoms with Crippen LogP contribution in [0, 0.1) is 0 Å². The molecule has 18 heteroatoms. The number of nitrogens with zero attached hydrogens (tertiary/aromatic N) is 1. The summed E-state index contributed by atoms with van der Waals surface area (Å²) in [7, 11) is 0. The van der Waals surface area contributed by atoms with Gasteiger partial charge in [0.05, 0.1) is 6.04 Å². The fourth-order valence-electron chi connectivity index (χ4n) is 3.87. The average molecular weight is 653 g/mol. The molecule has 0 aliphatic carbocycles. The van der Waals surface area contributed by atoms with Crippen molar-refractivity contribution < 1.29 is 55.3 Å². The minimum atomic E-state index is -4.98. The molecule has 45 heavy (non-hydrogen) atoms. The number of anilines is 1. The Hall–Kier alpha value is -4.13. The van der Waals surface area contributed by atoms with Crippen LogP contribution >= 0.6 is 0 Å². The zero-order valence-corrected chi connectivity index (χ0v) is 23.7. The van der Waals surface area contributed by atoms with E-state index in [-0.39, 0.29) is 61.9 Å². The van der Waals surface area contributed by atoms with Gasteiger partial charge in [-0.1, -0.05) is 12.1 Å². The van der Waals surface area contributed by atoms with Crippen LogP contribution in [0.1, 0.15) is 24.5 Å². The van der Waals surface area contributed by atoms with E-state index < -0.39 is 54.9 Å². The van der Waals surface area contributed by atoms with Crippen molar-refractivity contribution in [3.05, 3.63) is 54.1 Å². The summed E-state index contributed by atoms with van der Waals surface area (Å²) in [5.74, 6) is -3.10. The average Bonchev–Trinajstić information content (AvgIpc) is 2.96. The van der Waals surface area contributed by atoms with E-state index in [2.05, 4.69) is 20.1 Å². The first-order chi connectivity index (χ1) is 21.0. The lowest BCUT2D eigenvalue weighted by molar-refractivity contribution is -0.274. The van der Waals surface area contributed by atoms with Crippen LogP contribution < -0.4 is 37.3 Å². The Bertz CT molecular complexity index is 1240. The van der Waals surface area contributed by atoms with Gasteiger partial charge in [0.1, 0.15) is 23.6 Å². The van der Waals surface area contributed by atoms with Gasteiger partial charge in [0.25, 0.3) is 0 Å². The largest absolute Gasteiger partial charge is 0.573 e. The Balaban J connectivity index is 2.21. The summed E-state index contributed by atoms with van der Waals surface area (Å²) in [6.45, 7) is -0.725. The summed E-state index contributed by atoms with van der Waals surface area (Å²) in [4.78, 5) is 40.0. The topological polar surface area (TPSA) is 195 Å². The van der Waals surface area contributed by atoms with Crippen LogP contribution in [0.3, 0.4) is 0 Å². The predicted molar refractivity (Wildman–Crippen MR) is 149 cm³/mol. The van der Waals surface area contributed by atoms with Crippen molar-refractivity contribution in [2.45, 2.75) is 43.6 Å². The third-order valence-corrected chi connectivity index (χ3v) is 6.03. The monoisotopic (exact) mass is 652 g/mol. The van der Waals surface area contributed by atoms with Crippen LogP contribution in [0.5, 0.6) is 11.5 Å². The molecule has 0 radical (unpaired) electrons. The van der Waals surface area contributed by atoms with Crippen molar-refractivity contribution in [3.63, 3.8) is 0 Å². The first kappa shape index (κ1) is 37.1. The van der Waals surface area contributed by atoms with E-state index in [9.17, 15) is 45.8 Å². The van der Waals surface area contributed by atoms with Gasteiger partial charge in [-0.05, 0) is 48.4 Å². The molecule has 0 spiro atoms. The maximum absolute atomic E-state index is 13.2. The third-order valence-electron chi connectivity index (χ3n) is 6.03. The van der Waals surface area contributed by atoms with Crippen LogP contribution in [-0.4, -0.2) is 85.1 Å². The molecular formula is C27H34F6N6O6. The number of hydrogen-bond donors (Lipinski definition) is 6. The van der Waals surface area contributed by atoms with Gasteiger partial charge in [0, 0.05) is 38.3 Å². The number of nitrogens with one attached hydrogen (secondary N) is 2. The number of aliphatic hydroxyl groups is 1. The summed E-state index contributed by atoms with van der Waals surface area (Å²) in [6.07, 6.45) is -11.7. The minimum absolute atomic E-state index is 0.0366. The second kappa shape index (κ2) is 16.8. The molecule has 250 valence electrons. The fourth-order valence-corrected chi connectivity index (χ4v) is 3.87. The van der Waals surface area contributed by atoms with Crippen molar-refractivity contribution in [2.75, 3.05) is 38.1 Å². The Kier molecular flexibility index (Phi) is 13.8. The summed E-state index contributed by atoms with van der Waals surface area (Å²) in [5.41, 5.74) is 16.9. The Morgan fingerprint density at radius 2 is 1.42 bits per heavy atom. The van der Waals surface area contributed by atoms with Gasteiger partial charge in [-0.25, -0.2) is 0 Å². The summed E-state index contributed by atoms with van der Waals surface area (Å²) in [5, 5.41) is 15.7. The first-order valence-electron chi connectivity index (χ1n) is 13.4. The SMILES string of the molecule is NCCN(CCN)C(=O)CC[C@H](N)C(=O)N[C@H](C(=O)Nc1ccc(OCC(F)(F)F)cc1)[C@H](O)c1ccc(OC(F)(F)F)cc1. The van der Waals surface area contributed by atoms with Gasteiger partial charge in [-0.3, -0.25) is 14.4 Å². The van der Waals surface area contributed by atoms with Crippen LogP contribution in [0.25, 0.3) is 0 Å². The van der Waals surface area contributed by atoms with Crippen LogP contribution in [0.4, 0.5) is 32.0 Å². The van der Waals surface area contributed by atoms with Gasteiger partial charge < -0.3 is 47.3 Å². The molecule has 12 nitrogen and oxygen atoms in total. The van der Waals surface area contributed by atoms with E-state index in [1.54, 1.807) is 0 Å². The van der Waals surface area contributed by atoms with Crippen molar-refractivity contribution >= 4 is 23.4 Å². The van der Waals surface area contributed by atoms with Crippen molar-refractivity contribution in [2.24, 2.45) is 17.2 Å². The van der Waals surface area contributed by atoms with E-state index >= 15 is 0 Å². The maximum Gasteiger partial charge on any atom is 0.573 e. The number of nitrogens with two attached hydrogens (primary N) is 3. The quantitative estimate of drug-likeness (QED) is 0.146. The normalized spacial score (nSPS) is 13.7. The molecule has 2 rings (SSSR count). The maximum atomic E-state index is 13.2. The van der Waals surface area contributed by atoms with Crippen LogP contribution in [0.15, 0.2) is 48.5 Å². The zero-order chi connectivity index (χ0) is 33.8. The van der Waals surface area contributed by atoms with Crippen LogP contribution in [0.2, 0.25) is 0 Å². The molecule has 9 N–H and O–H groups in total. The highest BCUT2D eigenvalue weighted by Crippen LogP contribution is 2.26. The lowest BCUT2D eigenvalue weighted by Gasteiger charge is -2.26. The lowest BCUT2D eigenvalue weighted by atomic mass is 10.00. The van der Waals surface area contributed by atoms with Crippen molar-refractivity contribution in [1.29, 1.82) is 0 Å². The molecule has 0 aliphatic heterocycles. The van der Waals surface area contributed by atoms with Gasteiger partial charge in [0.15, 0.2) is 6.61 Å². The standard InChI is InChI=1S/C27H34F6N6O6/c28-26(29,30)15-44-18-7-3-17(4-8-18)37-25(43)22(23(41)16-1-5-19(6-2-16)45-27(31,32)33)38-24(42)20(36)9-10-21(40)39(13-11-34)14-12-35/h1-8,20,22-23,41H,9-15,34-36H2,(H,37,43)(H,38,42)/t20-,22-,23+/m0/s1. The minimum Gasteiger partial charge on any atom is -0.484 e. The molecule has 3 amide bonds. The molecule has 0 aliphatic rings. The van der Waals surface area contributed by atoms with Gasteiger partial charge >= 0.3 is 12.5 Å². The second-order valence-corrected chi connectivity index (χ2v) is 9.57. The highest BCUT2D eigenvalue weighted by molar-refractivity contribution is 5.98. The molecule has 0 fully saturated rings. The molecule has 0 saturated carbocycles. The molecule has 0 aromatic heterocycles. The molecule has 0 bridgehead atoms. The van der Waals surface area contributed by atoms with E-state index in [0.29, 0.717) is 0 Å². The number of amides is 3. The Morgan fingerprint density at radius 1 is 0.867 bits per heavy atom. The lowest BCUT2D eigenvalue weighted by Crippen LogP contribution is -2.52. The molecule has 0 saturated heterocycles. The van der Waals surface area contributed by atoms with Crippen molar-refractivity contribution in [3.8, 4) is 11.5 Å². The number of carbonyl (C=O) groups excluding carboxylic acids is 3. The number of carbonyl (C=O) groups is 3. The molecule has 0 unspecified atom stereocenters. The molecular weight excluding hydrogens is 618 g/mol. The summed E-state index contributed by atoms with van der Waals surface area (Å²) >= 11 is 0. The summed E-state index contributed by atoms with van der Waals surface area (Å²) < 4.78 is 83.2. The second-order valence-electron chi connectivity index (χ2n) is 9.57. The molecule has 2 aromatic rings. The van der Waals surface area contributed by atoms with Crippen LogP contribution in [-0.2, 0) is 14.4 Å². The number of rotatable bonds is 16. The third kappa shape index (κ3) is 13.2. The van der Waals surface area contributed by atoms with E-state index in [0.717, 1.165) is 36.4 Å². The first-order valence-corrected chi connectivity index (χ1v) is 13.4. The predicted octanol–water partition coefficient (Wildman–Crippen LogP) is 1.54. The number of alkyl halides is 6. The number of aliphatic hydroxyl groups excluding tert-OH is 1. The number of benzene rings is 2. The van der Waals surface area contributed by atoms with Gasteiger partial charge in [0.2, 0.25) is 17.7 Å². The van der Waals surface area contributed by atoms with Gasteiger partial charge in [-0.15, -0.1) is 13.2 Å². The molecule has 0 heterocycles. The number of halogens is 6. The highest BCUT2D eigenvalue weighted by atomic mass is 19.4. The smallest absolute Gasteiger partial charge is 0.484 e.